The quantitative estimate of drug-likeness (QED) is 0.510. The van der Waals surface area contributed by atoms with E-state index >= 15 is 0 Å². The molecule has 4 rings (SSSR count). The molecule has 1 aliphatic rings. The fraction of sp³-hybridized carbons (Fsp3) is 0.500. The summed E-state index contributed by atoms with van der Waals surface area (Å²) < 4.78 is 7.47. The van der Waals surface area contributed by atoms with Gasteiger partial charge in [0.25, 0.3) is 0 Å². The van der Waals surface area contributed by atoms with E-state index in [1.807, 2.05) is 38.3 Å². The predicted molar refractivity (Wildman–Crippen MR) is 136 cm³/mol. The first-order chi connectivity index (χ1) is 15.8. The lowest BCUT2D eigenvalue weighted by molar-refractivity contribution is 0.0223. The molecule has 0 spiro atoms. The van der Waals surface area contributed by atoms with Crippen LogP contribution in [-0.4, -0.2) is 43.3 Å². The lowest BCUT2D eigenvalue weighted by atomic mass is 9.92. The van der Waals surface area contributed by atoms with Crippen molar-refractivity contribution in [2.45, 2.75) is 79.0 Å². The molecule has 0 saturated carbocycles. The molecule has 34 heavy (non-hydrogen) atoms. The molecule has 0 radical (unpaired) electrons. The lowest BCUT2D eigenvalue weighted by Crippen LogP contribution is -2.40. The zero-order chi connectivity index (χ0) is 24.8. The normalized spacial score (nSPS) is 14.3. The molecule has 0 bridgehead atoms. The number of nitrogens with zero attached hydrogens (tertiary/aromatic N) is 4. The number of nitrogens with one attached hydrogen (secondary N) is 1. The Morgan fingerprint density at radius 2 is 1.94 bits per heavy atom. The third-order valence-electron chi connectivity index (χ3n) is 5.74. The Morgan fingerprint density at radius 3 is 2.62 bits per heavy atom. The van der Waals surface area contributed by atoms with E-state index in [1.54, 1.807) is 4.90 Å². The summed E-state index contributed by atoms with van der Waals surface area (Å²) in [5.74, 6) is 0. The number of carbonyl (C=O) groups is 1. The van der Waals surface area contributed by atoms with Gasteiger partial charge in [0.2, 0.25) is 0 Å². The van der Waals surface area contributed by atoms with E-state index in [1.165, 1.54) is 11.1 Å². The van der Waals surface area contributed by atoms with Gasteiger partial charge in [-0.05, 0) is 71.6 Å². The molecule has 0 saturated heterocycles. The van der Waals surface area contributed by atoms with Gasteiger partial charge in [0, 0.05) is 31.1 Å². The monoisotopic (exact) mass is 483 g/mol. The maximum absolute atomic E-state index is 12.7. The molecule has 2 aromatic heterocycles. The Morgan fingerprint density at radius 1 is 1.21 bits per heavy atom. The van der Waals surface area contributed by atoms with Crippen LogP contribution in [0.5, 0.6) is 0 Å². The second kappa shape index (κ2) is 8.77. The van der Waals surface area contributed by atoms with Crippen LogP contribution in [0, 0.1) is 6.92 Å². The molecule has 182 valence electrons. The standard InChI is InChI=1S/C26H34ClN5O2/c1-16-21(32-23(28-16)20(14-22(27)30-32)29-25(2,3)4)13-18-10-8-9-17-11-12-31(15-19(17)18)24(33)34-26(5,6)7/h8-10,14,29H,11-13,15H2,1-7H3. The van der Waals surface area contributed by atoms with Crippen molar-refractivity contribution in [2.24, 2.45) is 0 Å². The number of aryl methyl sites for hydroxylation is 1. The second-order valence-electron chi connectivity index (χ2n) is 11.0. The highest BCUT2D eigenvalue weighted by Gasteiger charge is 2.27. The number of aromatic nitrogens is 3. The van der Waals surface area contributed by atoms with E-state index in [0.29, 0.717) is 24.7 Å². The maximum atomic E-state index is 12.7. The maximum Gasteiger partial charge on any atom is 0.410 e. The summed E-state index contributed by atoms with van der Waals surface area (Å²) in [6.07, 6.45) is 1.17. The average molecular weight is 484 g/mol. The van der Waals surface area contributed by atoms with Crippen LogP contribution in [0.2, 0.25) is 5.15 Å². The molecule has 1 N–H and O–H groups in total. The minimum Gasteiger partial charge on any atom is -0.444 e. The van der Waals surface area contributed by atoms with Gasteiger partial charge in [-0.3, -0.25) is 0 Å². The number of benzene rings is 1. The highest BCUT2D eigenvalue weighted by atomic mass is 35.5. The third kappa shape index (κ3) is 5.30. The van der Waals surface area contributed by atoms with Crippen LogP contribution in [0.25, 0.3) is 5.65 Å². The number of halogens is 1. The van der Waals surface area contributed by atoms with Gasteiger partial charge in [-0.2, -0.15) is 5.10 Å². The van der Waals surface area contributed by atoms with Crippen LogP contribution < -0.4 is 5.32 Å². The van der Waals surface area contributed by atoms with Crippen molar-refractivity contribution < 1.29 is 9.53 Å². The van der Waals surface area contributed by atoms with E-state index in [9.17, 15) is 4.79 Å². The Balaban J connectivity index is 1.69. The summed E-state index contributed by atoms with van der Waals surface area (Å²) in [5.41, 5.74) is 6.43. The fourth-order valence-electron chi connectivity index (χ4n) is 4.32. The lowest BCUT2D eigenvalue weighted by Gasteiger charge is -2.32. The Hall–Kier alpha value is -2.80. The van der Waals surface area contributed by atoms with Crippen molar-refractivity contribution in [3.8, 4) is 0 Å². The van der Waals surface area contributed by atoms with Gasteiger partial charge >= 0.3 is 6.09 Å². The molecule has 0 fully saturated rings. The molecule has 7 nitrogen and oxygen atoms in total. The topological polar surface area (TPSA) is 71.8 Å². The van der Waals surface area contributed by atoms with Crippen molar-refractivity contribution in [3.63, 3.8) is 0 Å². The van der Waals surface area contributed by atoms with Gasteiger partial charge < -0.3 is 15.0 Å². The van der Waals surface area contributed by atoms with E-state index in [2.05, 4.69) is 49.4 Å². The molecular weight excluding hydrogens is 450 g/mol. The van der Waals surface area contributed by atoms with Gasteiger partial charge in [-0.25, -0.2) is 14.3 Å². The molecule has 3 aromatic rings. The molecular formula is C26H34ClN5O2. The number of carbonyl (C=O) groups excluding carboxylic acids is 1. The van der Waals surface area contributed by atoms with Gasteiger partial charge in [-0.15, -0.1) is 0 Å². The molecule has 0 unspecified atom stereocenters. The number of amides is 1. The molecule has 0 atom stereocenters. The number of ether oxygens (including phenoxy) is 1. The summed E-state index contributed by atoms with van der Waals surface area (Å²) in [5, 5.41) is 8.47. The van der Waals surface area contributed by atoms with Gasteiger partial charge in [0.1, 0.15) is 5.60 Å². The number of rotatable bonds is 3. The second-order valence-corrected chi connectivity index (χ2v) is 11.4. The minimum absolute atomic E-state index is 0.144. The first-order valence-electron chi connectivity index (χ1n) is 11.7. The summed E-state index contributed by atoms with van der Waals surface area (Å²) in [4.78, 5) is 19.3. The van der Waals surface area contributed by atoms with E-state index in [4.69, 9.17) is 21.3 Å². The summed E-state index contributed by atoms with van der Waals surface area (Å²) in [6.45, 7) is 15.2. The Kier molecular flexibility index (Phi) is 6.27. The highest BCUT2D eigenvalue weighted by Crippen LogP contribution is 2.29. The van der Waals surface area contributed by atoms with Crippen molar-refractivity contribution in [1.82, 2.24) is 19.5 Å². The SMILES string of the molecule is Cc1nc2c(NC(C)(C)C)cc(Cl)nn2c1Cc1cccc2c1CN(C(=O)OC(C)(C)C)CC2. The Bertz CT molecular complexity index is 1240. The molecule has 8 heteroatoms. The first kappa shape index (κ1) is 24.3. The van der Waals surface area contributed by atoms with Crippen LogP contribution in [0.3, 0.4) is 0 Å². The van der Waals surface area contributed by atoms with Crippen LogP contribution in [0.4, 0.5) is 10.5 Å². The smallest absolute Gasteiger partial charge is 0.410 e. The highest BCUT2D eigenvalue weighted by molar-refractivity contribution is 6.29. The molecule has 1 amide bonds. The van der Waals surface area contributed by atoms with Crippen LogP contribution in [0.1, 0.15) is 69.6 Å². The average Bonchev–Trinajstić information content (AvgIpc) is 3.01. The van der Waals surface area contributed by atoms with Crippen LogP contribution >= 0.6 is 11.6 Å². The zero-order valence-corrected chi connectivity index (χ0v) is 21.9. The zero-order valence-electron chi connectivity index (χ0n) is 21.1. The molecule has 1 aliphatic heterocycles. The molecule has 1 aromatic carbocycles. The number of fused-ring (bicyclic) bond motifs is 2. The third-order valence-corrected chi connectivity index (χ3v) is 5.92. The van der Waals surface area contributed by atoms with E-state index < -0.39 is 5.60 Å². The molecule has 3 heterocycles. The predicted octanol–water partition coefficient (Wildman–Crippen LogP) is 5.79. The minimum atomic E-state index is -0.520. The summed E-state index contributed by atoms with van der Waals surface area (Å²) >= 11 is 6.40. The number of hydrogen-bond donors (Lipinski definition) is 1. The van der Waals surface area contributed by atoms with Gasteiger partial charge in [0.15, 0.2) is 10.8 Å². The summed E-state index contributed by atoms with van der Waals surface area (Å²) in [7, 11) is 0. The van der Waals surface area contributed by atoms with Crippen molar-refractivity contribution >= 4 is 29.0 Å². The van der Waals surface area contributed by atoms with Crippen molar-refractivity contribution in [2.75, 3.05) is 11.9 Å². The van der Waals surface area contributed by atoms with Crippen LogP contribution in [0.15, 0.2) is 24.3 Å². The fourth-order valence-corrected chi connectivity index (χ4v) is 4.50. The number of anilines is 1. The van der Waals surface area contributed by atoms with Crippen molar-refractivity contribution in [3.05, 3.63) is 57.5 Å². The van der Waals surface area contributed by atoms with Gasteiger partial charge in [0.05, 0.1) is 17.1 Å². The molecule has 0 aliphatic carbocycles. The van der Waals surface area contributed by atoms with Gasteiger partial charge in [-0.1, -0.05) is 29.8 Å². The number of imidazole rings is 1. The van der Waals surface area contributed by atoms with E-state index in [0.717, 1.165) is 34.7 Å². The largest absolute Gasteiger partial charge is 0.444 e. The Labute approximate surface area is 206 Å². The van der Waals surface area contributed by atoms with E-state index in [-0.39, 0.29) is 11.6 Å². The summed E-state index contributed by atoms with van der Waals surface area (Å²) in [6, 6.07) is 8.17. The van der Waals surface area contributed by atoms with Crippen molar-refractivity contribution in [1.29, 1.82) is 0 Å². The first-order valence-corrected chi connectivity index (χ1v) is 12.1. The number of hydrogen-bond acceptors (Lipinski definition) is 5. The van der Waals surface area contributed by atoms with Crippen LogP contribution in [-0.2, 0) is 24.1 Å².